The highest BCUT2D eigenvalue weighted by Crippen LogP contribution is 2.22. The summed E-state index contributed by atoms with van der Waals surface area (Å²) >= 11 is 2.34. The summed E-state index contributed by atoms with van der Waals surface area (Å²) in [5, 5.41) is 0. The van der Waals surface area contributed by atoms with Crippen LogP contribution in [0.1, 0.15) is 11.1 Å². The molecule has 1 aliphatic rings. The topological polar surface area (TPSA) is 26.0 Å². The molecule has 1 aromatic rings. The number of benzene rings is 1. The van der Waals surface area contributed by atoms with Crippen LogP contribution in [0.25, 0.3) is 0 Å². The van der Waals surface area contributed by atoms with Crippen molar-refractivity contribution in [3.63, 3.8) is 0 Å². The first-order chi connectivity index (χ1) is 5.25. The summed E-state index contributed by atoms with van der Waals surface area (Å²) in [5.74, 6) is 0. The molecule has 0 fully saturated rings. The fraction of sp³-hybridized carbons (Fsp3) is 0.333. The largest absolute Gasteiger partial charge is 0.327 e. The highest BCUT2D eigenvalue weighted by Gasteiger charge is 2.17. The third-order valence-electron chi connectivity index (χ3n) is 2.13. The van der Waals surface area contributed by atoms with Gasteiger partial charge >= 0.3 is 0 Å². The Morgan fingerprint density at radius 3 is 2.82 bits per heavy atom. The molecular weight excluding hydrogens is 249 g/mol. The minimum Gasteiger partial charge on any atom is -0.327 e. The van der Waals surface area contributed by atoms with Crippen LogP contribution in [0.4, 0.5) is 0 Å². The number of hydrogen-bond donors (Lipinski definition) is 1. The molecule has 0 amide bonds. The van der Waals surface area contributed by atoms with Crippen molar-refractivity contribution in [2.45, 2.75) is 18.9 Å². The maximum Gasteiger partial charge on any atom is 0.0133 e. The molecule has 1 atom stereocenters. The van der Waals surface area contributed by atoms with Crippen LogP contribution in [-0.2, 0) is 12.8 Å². The lowest BCUT2D eigenvalue weighted by Gasteiger charge is -1.96. The van der Waals surface area contributed by atoms with Crippen LogP contribution in [0.3, 0.4) is 0 Å². The van der Waals surface area contributed by atoms with E-state index in [1.807, 2.05) is 0 Å². The van der Waals surface area contributed by atoms with Gasteiger partial charge in [-0.1, -0.05) is 6.07 Å². The van der Waals surface area contributed by atoms with Gasteiger partial charge < -0.3 is 5.73 Å². The molecule has 1 aromatic carbocycles. The van der Waals surface area contributed by atoms with Gasteiger partial charge in [-0.3, -0.25) is 0 Å². The van der Waals surface area contributed by atoms with E-state index in [1.165, 1.54) is 14.7 Å². The Hall–Kier alpha value is -0.0900. The van der Waals surface area contributed by atoms with Crippen molar-refractivity contribution >= 4 is 22.6 Å². The lowest BCUT2D eigenvalue weighted by molar-refractivity contribution is 0.721. The van der Waals surface area contributed by atoms with Crippen molar-refractivity contribution in [3.05, 3.63) is 32.9 Å². The highest BCUT2D eigenvalue weighted by molar-refractivity contribution is 14.1. The quantitative estimate of drug-likeness (QED) is 0.705. The summed E-state index contributed by atoms with van der Waals surface area (Å²) in [6.45, 7) is 0. The minimum absolute atomic E-state index is 0.364. The molecule has 0 saturated heterocycles. The first kappa shape index (κ1) is 7.55. The Kier molecular flexibility index (Phi) is 1.89. The number of nitrogens with two attached hydrogens (primary N) is 1. The zero-order valence-electron chi connectivity index (χ0n) is 6.18. The molecule has 0 aromatic heterocycles. The monoisotopic (exact) mass is 259 g/mol. The van der Waals surface area contributed by atoms with Crippen LogP contribution < -0.4 is 5.73 Å². The second-order valence-electron chi connectivity index (χ2n) is 3.08. The molecule has 2 heteroatoms. The van der Waals surface area contributed by atoms with Crippen molar-refractivity contribution in [1.29, 1.82) is 0 Å². The van der Waals surface area contributed by atoms with Gasteiger partial charge in [0.25, 0.3) is 0 Å². The second-order valence-corrected chi connectivity index (χ2v) is 4.33. The number of hydrogen-bond acceptors (Lipinski definition) is 1. The van der Waals surface area contributed by atoms with Gasteiger partial charge in [0, 0.05) is 9.61 Å². The molecule has 58 valence electrons. The van der Waals surface area contributed by atoms with Crippen molar-refractivity contribution < 1.29 is 0 Å². The van der Waals surface area contributed by atoms with E-state index in [1.54, 1.807) is 0 Å². The number of fused-ring (bicyclic) bond motifs is 1. The predicted molar refractivity (Wildman–Crippen MR) is 54.5 cm³/mol. The maximum atomic E-state index is 5.83. The smallest absolute Gasteiger partial charge is 0.0133 e. The van der Waals surface area contributed by atoms with Crippen molar-refractivity contribution in [2.75, 3.05) is 0 Å². The van der Waals surface area contributed by atoms with Crippen LogP contribution >= 0.6 is 22.6 Å². The molecule has 0 saturated carbocycles. The highest BCUT2D eigenvalue weighted by atomic mass is 127. The molecule has 0 bridgehead atoms. The Balaban J connectivity index is 2.43. The average molecular weight is 259 g/mol. The van der Waals surface area contributed by atoms with E-state index in [-0.39, 0.29) is 0 Å². The summed E-state index contributed by atoms with van der Waals surface area (Å²) in [4.78, 5) is 0. The van der Waals surface area contributed by atoms with Crippen LogP contribution in [-0.4, -0.2) is 6.04 Å². The van der Waals surface area contributed by atoms with E-state index < -0.39 is 0 Å². The van der Waals surface area contributed by atoms with Gasteiger partial charge in [0.2, 0.25) is 0 Å². The zero-order valence-corrected chi connectivity index (χ0v) is 8.34. The van der Waals surface area contributed by atoms with Gasteiger partial charge in [0.15, 0.2) is 0 Å². The maximum absolute atomic E-state index is 5.83. The minimum atomic E-state index is 0.364. The molecule has 0 aliphatic heterocycles. The van der Waals surface area contributed by atoms with E-state index >= 15 is 0 Å². The molecule has 0 radical (unpaired) electrons. The van der Waals surface area contributed by atoms with Crippen molar-refractivity contribution in [3.8, 4) is 0 Å². The summed E-state index contributed by atoms with van der Waals surface area (Å²) in [7, 11) is 0. The molecule has 1 nitrogen and oxygen atoms in total. The van der Waals surface area contributed by atoms with Gasteiger partial charge in [-0.2, -0.15) is 0 Å². The summed E-state index contributed by atoms with van der Waals surface area (Å²) < 4.78 is 1.32. The molecule has 0 heterocycles. The second kappa shape index (κ2) is 2.75. The Morgan fingerprint density at radius 1 is 1.27 bits per heavy atom. The standard InChI is InChI=1S/C9H10IN/c10-8-2-1-6-4-9(11)5-7(6)3-8/h1-3,9H,4-5,11H2/t9-/m0/s1. The summed E-state index contributed by atoms with van der Waals surface area (Å²) in [6, 6.07) is 6.95. The first-order valence-corrected chi connectivity index (χ1v) is 4.86. The fourth-order valence-corrected chi connectivity index (χ4v) is 2.18. The predicted octanol–water partition coefficient (Wildman–Crippen LogP) is 1.72. The molecule has 0 unspecified atom stereocenters. The van der Waals surface area contributed by atoms with E-state index in [2.05, 4.69) is 40.8 Å². The van der Waals surface area contributed by atoms with Crippen LogP contribution in [0.5, 0.6) is 0 Å². The van der Waals surface area contributed by atoms with E-state index in [0.717, 1.165) is 12.8 Å². The Bertz CT molecular complexity index is 283. The normalized spacial score (nSPS) is 21.8. The van der Waals surface area contributed by atoms with E-state index in [9.17, 15) is 0 Å². The van der Waals surface area contributed by atoms with Gasteiger partial charge in [-0.25, -0.2) is 0 Å². The molecule has 1 aliphatic carbocycles. The van der Waals surface area contributed by atoms with Crippen molar-refractivity contribution in [1.82, 2.24) is 0 Å². The lowest BCUT2D eigenvalue weighted by Crippen LogP contribution is -2.18. The van der Waals surface area contributed by atoms with E-state index in [0.29, 0.717) is 6.04 Å². The third-order valence-corrected chi connectivity index (χ3v) is 2.80. The number of halogens is 1. The summed E-state index contributed by atoms with van der Waals surface area (Å²) in [5.41, 5.74) is 8.72. The van der Waals surface area contributed by atoms with E-state index in [4.69, 9.17) is 5.73 Å². The van der Waals surface area contributed by atoms with Gasteiger partial charge in [-0.15, -0.1) is 0 Å². The molecule has 2 N–H and O–H groups in total. The summed E-state index contributed by atoms with van der Waals surface area (Å²) in [6.07, 6.45) is 2.12. The molecule has 2 rings (SSSR count). The lowest BCUT2D eigenvalue weighted by atomic mass is 10.1. The van der Waals surface area contributed by atoms with Gasteiger partial charge in [0.1, 0.15) is 0 Å². The molecular formula is C9H10IN. The van der Waals surface area contributed by atoms with Gasteiger partial charge in [0.05, 0.1) is 0 Å². The molecule has 0 spiro atoms. The fourth-order valence-electron chi connectivity index (χ4n) is 1.62. The first-order valence-electron chi connectivity index (χ1n) is 3.78. The average Bonchev–Trinajstić information content (AvgIpc) is 2.27. The zero-order chi connectivity index (χ0) is 7.84. The Labute approximate surface area is 80.1 Å². The van der Waals surface area contributed by atoms with Gasteiger partial charge in [-0.05, 0) is 58.7 Å². The molecule has 11 heavy (non-hydrogen) atoms. The number of rotatable bonds is 0. The third kappa shape index (κ3) is 1.42. The Morgan fingerprint density at radius 2 is 2.00 bits per heavy atom. The van der Waals surface area contributed by atoms with Crippen LogP contribution in [0.15, 0.2) is 18.2 Å². The van der Waals surface area contributed by atoms with Crippen LogP contribution in [0.2, 0.25) is 0 Å². The van der Waals surface area contributed by atoms with Crippen LogP contribution in [0, 0.1) is 3.57 Å². The van der Waals surface area contributed by atoms with Crippen molar-refractivity contribution in [2.24, 2.45) is 5.73 Å². The SMILES string of the molecule is N[C@H]1Cc2ccc(I)cc2C1.